The van der Waals surface area contributed by atoms with Gasteiger partial charge in [-0.15, -0.1) is 0 Å². The molecular formula is C18H22FNO2. The summed E-state index contributed by atoms with van der Waals surface area (Å²) >= 11 is 0. The van der Waals surface area contributed by atoms with Crippen LogP contribution in [0.25, 0.3) is 0 Å². The van der Waals surface area contributed by atoms with E-state index in [1.165, 1.54) is 17.7 Å². The molecule has 0 unspecified atom stereocenters. The second-order valence-corrected chi connectivity index (χ2v) is 5.30. The van der Waals surface area contributed by atoms with Crippen molar-refractivity contribution < 1.29 is 13.9 Å². The lowest BCUT2D eigenvalue weighted by molar-refractivity contribution is 0.330. The zero-order chi connectivity index (χ0) is 15.9. The van der Waals surface area contributed by atoms with E-state index in [9.17, 15) is 4.39 Å². The highest BCUT2D eigenvalue weighted by Crippen LogP contribution is 2.27. The zero-order valence-corrected chi connectivity index (χ0v) is 13.3. The van der Waals surface area contributed by atoms with E-state index in [0.717, 1.165) is 36.6 Å². The average Bonchev–Trinajstić information content (AvgIpc) is 2.54. The Labute approximate surface area is 131 Å². The monoisotopic (exact) mass is 303 g/mol. The Bertz CT molecular complexity index is 599. The summed E-state index contributed by atoms with van der Waals surface area (Å²) in [5.74, 6) is 1.30. The van der Waals surface area contributed by atoms with Gasteiger partial charge in [-0.3, -0.25) is 0 Å². The summed E-state index contributed by atoms with van der Waals surface area (Å²) in [5, 5.41) is 0. The molecule has 118 valence electrons. The highest BCUT2D eigenvalue weighted by atomic mass is 19.1. The van der Waals surface area contributed by atoms with Gasteiger partial charge in [0.2, 0.25) is 0 Å². The molecule has 4 heteroatoms. The van der Waals surface area contributed by atoms with E-state index in [1.807, 2.05) is 30.3 Å². The summed E-state index contributed by atoms with van der Waals surface area (Å²) in [6.07, 6.45) is 0.915. The first kappa shape index (κ1) is 16.3. The Balaban J connectivity index is 1.90. The Morgan fingerprint density at radius 2 is 1.55 bits per heavy atom. The van der Waals surface area contributed by atoms with Gasteiger partial charge >= 0.3 is 0 Å². The minimum absolute atomic E-state index is 0.197. The molecule has 0 saturated heterocycles. The van der Waals surface area contributed by atoms with Gasteiger partial charge in [0.15, 0.2) is 11.5 Å². The van der Waals surface area contributed by atoms with E-state index >= 15 is 0 Å². The molecule has 0 aromatic heterocycles. The van der Waals surface area contributed by atoms with E-state index in [2.05, 4.69) is 11.9 Å². The van der Waals surface area contributed by atoms with Crippen LogP contribution in [0.15, 0.2) is 42.5 Å². The largest absolute Gasteiger partial charge is 0.493 e. The third-order valence-electron chi connectivity index (χ3n) is 3.60. The van der Waals surface area contributed by atoms with Gasteiger partial charge in [-0.25, -0.2) is 4.39 Å². The Morgan fingerprint density at radius 1 is 0.909 bits per heavy atom. The van der Waals surface area contributed by atoms with Crippen molar-refractivity contribution in [1.82, 2.24) is 4.90 Å². The number of halogens is 1. The van der Waals surface area contributed by atoms with Gasteiger partial charge in [-0.2, -0.15) is 0 Å². The number of methoxy groups -OCH3 is 2. The molecule has 0 heterocycles. The van der Waals surface area contributed by atoms with Gasteiger partial charge in [0, 0.05) is 13.1 Å². The summed E-state index contributed by atoms with van der Waals surface area (Å²) in [6, 6.07) is 12.6. The van der Waals surface area contributed by atoms with E-state index < -0.39 is 0 Å². The molecule has 0 aliphatic carbocycles. The van der Waals surface area contributed by atoms with Crippen molar-refractivity contribution in [3.63, 3.8) is 0 Å². The lowest BCUT2D eigenvalue weighted by Crippen LogP contribution is -2.20. The predicted molar refractivity (Wildman–Crippen MR) is 86.0 cm³/mol. The summed E-state index contributed by atoms with van der Waals surface area (Å²) in [5.41, 5.74) is 2.31. The van der Waals surface area contributed by atoms with Crippen LogP contribution in [-0.2, 0) is 13.0 Å². The quantitative estimate of drug-likeness (QED) is 0.781. The van der Waals surface area contributed by atoms with Crippen LogP contribution < -0.4 is 9.47 Å². The van der Waals surface area contributed by atoms with Crippen LogP contribution in [0.3, 0.4) is 0 Å². The molecule has 0 saturated carbocycles. The Hall–Kier alpha value is -2.07. The molecular weight excluding hydrogens is 281 g/mol. The smallest absolute Gasteiger partial charge is 0.160 e. The van der Waals surface area contributed by atoms with Crippen LogP contribution in [0.4, 0.5) is 4.39 Å². The van der Waals surface area contributed by atoms with Gasteiger partial charge in [0.25, 0.3) is 0 Å². The normalized spacial score (nSPS) is 10.8. The van der Waals surface area contributed by atoms with Crippen molar-refractivity contribution in [3.05, 3.63) is 59.4 Å². The number of hydrogen-bond donors (Lipinski definition) is 0. The van der Waals surface area contributed by atoms with Crippen molar-refractivity contribution in [1.29, 1.82) is 0 Å². The SMILES string of the molecule is COc1ccc(CCN(C)Cc2ccc(F)cc2)cc1OC. The van der Waals surface area contributed by atoms with Gasteiger partial charge in [-0.1, -0.05) is 18.2 Å². The molecule has 3 nitrogen and oxygen atoms in total. The van der Waals surface area contributed by atoms with Crippen LogP contribution >= 0.6 is 0 Å². The number of hydrogen-bond acceptors (Lipinski definition) is 3. The fourth-order valence-electron chi connectivity index (χ4n) is 2.34. The molecule has 0 bridgehead atoms. The average molecular weight is 303 g/mol. The molecule has 2 aromatic carbocycles. The van der Waals surface area contributed by atoms with Crippen molar-refractivity contribution in [2.45, 2.75) is 13.0 Å². The van der Waals surface area contributed by atoms with Gasteiger partial charge in [0.1, 0.15) is 5.82 Å². The van der Waals surface area contributed by atoms with Crippen LogP contribution in [0, 0.1) is 5.82 Å². The number of rotatable bonds is 7. The Morgan fingerprint density at radius 3 is 2.18 bits per heavy atom. The molecule has 2 aromatic rings. The van der Waals surface area contributed by atoms with E-state index in [4.69, 9.17) is 9.47 Å². The number of nitrogens with zero attached hydrogens (tertiary/aromatic N) is 1. The molecule has 0 atom stereocenters. The second kappa shape index (κ2) is 7.80. The third-order valence-corrected chi connectivity index (χ3v) is 3.60. The van der Waals surface area contributed by atoms with E-state index in [-0.39, 0.29) is 5.82 Å². The summed E-state index contributed by atoms with van der Waals surface area (Å²) in [6.45, 7) is 1.71. The highest BCUT2D eigenvalue weighted by molar-refractivity contribution is 5.42. The van der Waals surface area contributed by atoms with Crippen molar-refractivity contribution in [3.8, 4) is 11.5 Å². The van der Waals surface area contributed by atoms with Crippen molar-refractivity contribution in [2.75, 3.05) is 27.8 Å². The fourth-order valence-corrected chi connectivity index (χ4v) is 2.34. The first-order valence-electron chi connectivity index (χ1n) is 7.26. The number of benzene rings is 2. The molecule has 0 fully saturated rings. The molecule has 0 aliphatic rings. The molecule has 22 heavy (non-hydrogen) atoms. The topological polar surface area (TPSA) is 21.7 Å². The zero-order valence-electron chi connectivity index (χ0n) is 13.3. The molecule has 0 N–H and O–H groups in total. The lowest BCUT2D eigenvalue weighted by Gasteiger charge is -2.17. The van der Waals surface area contributed by atoms with Crippen LogP contribution in [0.1, 0.15) is 11.1 Å². The summed E-state index contributed by atoms with van der Waals surface area (Å²) in [4.78, 5) is 2.21. The Kier molecular flexibility index (Phi) is 5.78. The standard InChI is InChI=1S/C18H22FNO2/c1-20(13-15-4-7-16(19)8-5-15)11-10-14-6-9-17(21-2)18(12-14)22-3/h4-9,12H,10-11,13H2,1-3H3. The van der Waals surface area contributed by atoms with E-state index in [1.54, 1.807) is 14.2 Å². The van der Waals surface area contributed by atoms with Crippen LogP contribution in [0.2, 0.25) is 0 Å². The van der Waals surface area contributed by atoms with Gasteiger partial charge in [0.05, 0.1) is 14.2 Å². The molecule has 2 rings (SSSR count). The number of ether oxygens (including phenoxy) is 2. The minimum atomic E-state index is -0.197. The molecule has 0 radical (unpaired) electrons. The maximum atomic E-state index is 12.9. The van der Waals surface area contributed by atoms with Gasteiger partial charge in [-0.05, 0) is 48.9 Å². The van der Waals surface area contributed by atoms with Crippen molar-refractivity contribution in [2.24, 2.45) is 0 Å². The van der Waals surface area contributed by atoms with Crippen LogP contribution in [0.5, 0.6) is 11.5 Å². The maximum absolute atomic E-state index is 12.9. The van der Waals surface area contributed by atoms with Crippen molar-refractivity contribution >= 4 is 0 Å². The second-order valence-electron chi connectivity index (χ2n) is 5.30. The van der Waals surface area contributed by atoms with E-state index in [0.29, 0.717) is 0 Å². The number of likely N-dealkylation sites (N-methyl/N-ethyl adjacent to an activating group) is 1. The maximum Gasteiger partial charge on any atom is 0.160 e. The first-order valence-corrected chi connectivity index (χ1v) is 7.26. The summed E-state index contributed by atoms with van der Waals surface area (Å²) < 4.78 is 23.4. The molecule has 0 spiro atoms. The first-order chi connectivity index (χ1) is 10.6. The lowest BCUT2D eigenvalue weighted by atomic mass is 10.1. The molecule has 0 aliphatic heterocycles. The molecule has 0 amide bonds. The predicted octanol–water partition coefficient (Wildman–Crippen LogP) is 3.52. The highest BCUT2D eigenvalue weighted by Gasteiger charge is 2.06. The summed E-state index contributed by atoms with van der Waals surface area (Å²) in [7, 11) is 5.33. The van der Waals surface area contributed by atoms with Crippen LogP contribution in [-0.4, -0.2) is 32.7 Å². The minimum Gasteiger partial charge on any atom is -0.493 e. The van der Waals surface area contributed by atoms with Gasteiger partial charge < -0.3 is 14.4 Å². The third kappa shape index (κ3) is 4.46. The fraction of sp³-hybridized carbons (Fsp3) is 0.333.